The second kappa shape index (κ2) is 7.46. The van der Waals surface area contributed by atoms with Gasteiger partial charge in [0.2, 0.25) is 5.91 Å². The first-order valence-electron chi connectivity index (χ1n) is 7.44. The number of nitrogens with one attached hydrogen (secondary N) is 1. The van der Waals surface area contributed by atoms with Gasteiger partial charge in [-0.2, -0.15) is 5.26 Å². The summed E-state index contributed by atoms with van der Waals surface area (Å²) in [6, 6.07) is 15.2. The van der Waals surface area contributed by atoms with Crippen molar-refractivity contribution in [2.45, 2.75) is 20.3 Å². The van der Waals surface area contributed by atoms with E-state index in [-0.39, 0.29) is 5.91 Å². The lowest BCUT2D eigenvalue weighted by Crippen LogP contribution is -2.23. The molecule has 23 heavy (non-hydrogen) atoms. The van der Waals surface area contributed by atoms with Crippen LogP contribution in [-0.2, 0) is 11.2 Å². The van der Waals surface area contributed by atoms with Crippen LogP contribution in [0.5, 0.6) is 5.75 Å². The molecule has 0 aliphatic rings. The number of nitrogens with zero attached hydrogens (tertiary/aromatic N) is 1. The van der Waals surface area contributed by atoms with Crippen molar-refractivity contribution in [3.05, 3.63) is 59.2 Å². The summed E-state index contributed by atoms with van der Waals surface area (Å²) in [4.78, 5) is 12.4. The maximum Gasteiger partial charge on any atom is 0.242 e. The quantitative estimate of drug-likeness (QED) is 0.917. The Morgan fingerprint density at radius 2 is 1.96 bits per heavy atom. The number of para-hydroxylation sites is 1. The van der Waals surface area contributed by atoms with E-state index in [0.717, 1.165) is 16.7 Å². The highest BCUT2D eigenvalue weighted by atomic mass is 16.5. The molecule has 0 bridgehead atoms. The van der Waals surface area contributed by atoms with Crippen LogP contribution >= 0.6 is 0 Å². The number of aryl methyl sites for hydroxylation is 2. The normalized spacial score (nSPS) is 11.4. The van der Waals surface area contributed by atoms with Gasteiger partial charge in [0, 0.05) is 12.1 Å². The number of rotatable bonds is 5. The molecule has 0 saturated carbocycles. The Bertz CT molecular complexity index is 747. The topological polar surface area (TPSA) is 62.1 Å². The van der Waals surface area contributed by atoms with E-state index < -0.39 is 5.92 Å². The Morgan fingerprint density at radius 1 is 1.22 bits per heavy atom. The molecule has 0 aliphatic heterocycles. The molecule has 0 aliphatic carbocycles. The fourth-order valence-electron chi connectivity index (χ4n) is 2.34. The molecule has 4 nitrogen and oxygen atoms in total. The number of carbonyl (C=O) groups is 1. The van der Waals surface area contributed by atoms with Crippen LogP contribution in [0.15, 0.2) is 42.5 Å². The van der Waals surface area contributed by atoms with Crippen molar-refractivity contribution < 1.29 is 9.53 Å². The molecule has 0 unspecified atom stereocenters. The number of anilines is 1. The van der Waals surface area contributed by atoms with Gasteiger partial charge in [-0.05, 0) is 48.7 Å². The van der Waals surface area contributed by atoms with Gasteiger partial charge in [-0.1, -0.05) is 24.3 Å². The second-order valence-electron chi connectivity index (χ2n) is 5.49. The van der Waals surface area contributed by atoms with Gasteiger partial charge in [0.05, 0.1) is 13.2 Å². The van der Waals surface area contributed by atoms with Crippen molar-refractivity contribution in [1.29, 1.82) is 5.26 Å². The number of hydrogen-bond donors (Lipinski definition) is 1. The minimum atomic E-state index is -0.770. The molecule has 2 aromatic carbocycles. The monoisotopic (exact) mass is 308 g/mol. The molecule has 0 radical (unpaired) electrons. The summed E-state index contributed by atoms with van der Waals surface area (Å²) in [5.74, 6) is -0.388. The fraction of sp³-hybridized carbons (Fsp3) is 0.263. The van der Waals surface area contributed by atoms with E-state index in [9.17, 15) is 10.1 Å². The zero-order chi connectivity index (χ0) is 16.8. The summed E-state index contributed by atoms with van der Waals surface area (Å²) in [7, 11) is 1.58. The number of hydrogen-bond acceptors (Lipinski definition) is 3. The lowest BCUT2D eigenvalue weighted by atomic mass is 9.99. The standard InChI is InChI=1S/C19H20N2O2/c1-13-8-9-17(10-14(13)2)21-19(22)16(12-20)11-15-6-4-5-7-18(15)23-3/h4-10,16H,11H2,1-3H3,(H,21,22)/t16-/m0/s1. The maximum atomic E-state index is 12.4. The molecule has 0 heterocycles. The van der Waals surface area contributed by atoms with Crippen molar-refractivity contribution in [3.63, 3.8) is 0 Å². The maximum absolute atomic E-state index is 12.4. The molecule has 1 amide bonds. The van der Waals surface area contributed by atoms with E-state index in [1.807, 2.05) is 56.3 Å². The van der Waals surface area contributed by atoms with Crippen LogP contribution in [0.3, 0.4) is 0 Å². The molecular weight excluding hydrogens is 288 g/mol. The van der Waals surface area contributed by atoms with Crippen LogP contribution in [0, 0.1) is 31.1 Å². The van der Waals surface area contributed by atoms with Crippen LogP contribution in [0.4, 0.5) is 5.69 Å². The summed E-state index contributed by atoms with van der Waals surface area (Å²) >= 11 is 0. The first kappa shape index (κ1) is 16.6. The number of amides is 1. The first-order valence-corrected chi connectivity index (χ1v) is 7.44. The average Bonchev–Trinajstić information content (AvgIpc) is 2.56. The summed E-state index contributed by atoms with van der Waals surface area (Å²) in [5.41, 5.74) is 3.81. The number of ether oxygens (including phenoxy) is 1. The predicted molar refractivity (Wildman–Crippen MR) is 90.3 cm³/mol. The molecule has 1 N–H and O–H groups in total. The van der Waals surface area contributed by atoms with Gasteiger partial charge in [-0.15, -0.1) is 0 Å². The van der Waals surface area contributed by atoms with E-state index in [0.29, 0.717) is 17.9 Å². The van der Waals surface area contributed by atoms with Crippen molar-refractivity contribution in [1.82, 2.24) is 0 Å². The molecule has 0 fully saturated rings. The molecule has 2 rings (SSSR count). The van der Waals surface area contributed by atoms with E-state index in [2.05, 4.69) is 11.4 Å². The minimum Gasteiger partial charge on any atom is -0.496 e. The van der Waals surface area contributed by atoms with E-state index in [1.165, 1.54) is 0 Å². The van der Waals surface area contributed by atoms with Gasteiger partial charge < -0.3 is 10.1 Å². The largest absolute Gasteiger partial charge is 0.496 e. The van der Waals surface area contributed by atoms with Gasteiger partial charge in [-0.3, -0.25) is 4.79 Å². The summed E-state index contributed by atoms with van der Waals surface area (Å²) in [6.45, 7) is 4.00. The van der Waals surface area contributed by atoms with Crippen LogP contribution in [0.25, 0.3) is 0 Å². The third-order valence-electron chi connectivity index (χ3n) is 3.86. The molecule has 0 aromatic heterocycles. The van der Waals surface area contributed by atoms with Gasteiger partial charge in [-0.25, -0.2) is 0 Å². The molecule has 0 saturated heterocycles. The van der Waals surface area contributed by atoms with E-state index in [4.69, 9.17) is 4.74 Å². The lowest BCUT2D eigenvalue weighted by Gasteiger charge is -2.13. The van der Waals surface area contributed by atoms with Gasteiger partial charge >= 0.3 is 0 Å². The molecule has 2 aromatic rings. The predicted octanol–water partition coefficient (Wildman–Crippen LogP) is 3.63. The highest BCUT2D eigenvalue weighted by molar-refractivity contribution is 5.94. The molecule has 0 spiro atoms. The smallest absolute Gasteiger partial charge is 0.242 e. The van der Waals surface area contributed by atoms with Crippen molar-refractivity contribution >= 4 is 11.6 Å². The SMILES string of the molecule is COc1ccccc1C[C@@H](C#N)C(=O)Nc1ccc(C)c(C)c1. The number of methoxy groups -OCH3 is 1. The molecule has 118 valence electrons. The lowest BCUT2D eigenvalue weighted by molar-refractivity contribution is -0.118. The van der Waals surface area contributed by atoms with Gasteiger partial charge in [0.1, 0.15) is 11.7 Å². The summed E-state index contributed by atoms with van der Waals surface area (Å²) in [5, 5.41) is 12.2. The molecule has 4 heteroatoms. The van der Waals surface area contributed by atoms with Crippen LogP contribution in [0.2, 0.25) is 0 Å². The summed E-state index contributed by atoms with van der Waals surface area (Å²) in [6.07, 6.45) is 0.317. The minimum absolute atomic E-state index is 0.304. The third-order valence-corrected chi connectivity index (χ3v) is 3.86. The Kier molecular flexibility index (Phi) is 5.37. The third kappa shape index (κ3) is 4.10. The van der Waals surface area contributed by atoms with Crippen LogP contribution in [0.1, 0.15) is 16.7 Å². The fourth-order valence-corrected chi connectivity index (χ4v) is 2.34. The second-order valence-corrected chi connectivity index (χ2v) is 5.49. The summed E-state index contributed by atoms with van der Waals surface area (Å²) < 4.78 is 5.28. The number of benzene rings is 2. The molecule has 1 atom stereocenters. The van der Waals surface area contributed by atoms with Crippen molar-refractivity contribution in [2.75, 3.05) is 12.4 Å². The van der Waals surface area contributed by atoms with Crippen molar-refractivity contribution in [3.8, 4) is 11.8 Å². The zero-order valence-corrected chi connectivity index (χ0v) is 13.6. The molecular formula is C19H20N2O2. The Morgan fingerprint density at radius 3 is 2.61 bits per heavy atom. The highest BCUT2D eigenvalue weighted by Gasteiger charge is 2.20. The Labute approximate surface area is 136 Å². The van der Waals surface area contributed by atoms with E-state index in [1.54, 1.807) is 7.11 Å². The van der Waals surface area contributed by atoms with Crippen LogP contribution in [-0.4, -0.2) is 13.0 Å². The number of carbonyl (C=O) groups excluding carboxylic acids is 1. The van der Waals surface area contributed by atoms with Gasteiger partial charge in [0.25, 0.3) is 0 Å². The zero-order valence-electron chi connectivity index (χ0n) is 13.6. The van der Waals surface area contributed by atoms with Crippen molar-refractivity contribution in [2.24, 2.45) is 5.92 Å². The Balaban J connectivity index is 2.12. The number of nitriles is 1. The highest BCUT2D eigenvalue weighted by Crippen LogP contribution is 2.22. The van der Waals surface area contributed by atoms with E-state index >= 15 is 0 Å². The van der Waals surface area contributed by atoms with Gasteiger partial charge in [0.15, 0.2) is 0 Å². The average molecular weight is 308 g/mol. The van der Waals surface area contributed by atoms with Crippen LogP contribution < -0.4 is 10.1 Å². The Hall–Kier alpha value is -2.80. The first-order chi connectivity index (χ1) is 11.0.